The Morgan fingerprint density at radius 2 is 2.38 bits per heavy atom. The van der Waals surface area contributed by atoms with E-state index in [0.29, 0.717) is 0 Å². The molecule has 1 aromatic heterocycles. The van der Waals surface area contributed by atoms with Gasteiger partial charge in [0.15, 0.2) is 5.13 Å². The minimum Gasteiger partial charge on any atom is -0.383 e. The molecule has 0 radical (unpaired) electrons. The Hall–Kier alpha value is -0.650. The van der Waals surface area contributed by atoms with Crippen LogP contribution >= 0.6 is 11.3 Å². The summed E-state index contributed by atoms with van der Waals surface area (Å²) >= 11 is 1.69. The molecule has 0 spiro atoms. The van der Waals surface area contributed by atoms with E-state index in [1.807, 2.05) is 7.05 Å². The molecule has 5 heteroatoms. The van der Waals surface area contributed by atoms with E-state index in [9.17, 15) is 0 Å². The molecule has 1 aromatic rings. The lowest BCUT2D eigenvalue weighted by atomic mass is 10.4. The van der Waals surface area contributed by atoms with E-state index in [2.05, 4.69) is 27.5 Å². The van der Waals surface area contributed by atoms with Crippen molar-refractivity contribution in [3.63, 3.8) is 0 Å². The second kappa shape index (κ2) is 7.60. The van der Waals surface area contributed by atoms with Crippen LogP contribution in [0.5, 0.6) is 0 Å². The van der Waals surface area contributed by atoms with Crippen LogP contribution < -0.4 is 10.2 Å². The quantitative estimate of drug-likeness (QED) is 0.706. The van der Waals surface area contributed by atoms with Gasteiger partial charge in [0.25, 0.3) is 0 Å². The molecule has 0 fully saturated rings. The number of methoxy groups -OCH3 is 1. The molecule has 0 aliphatic carbocycles. The lowest BCUT2D eigenvalue weighted by Crippen LogP contribution is -2.22. The average molecular weight is 243 g/mol. The molecule has 0 aliphatic heterocycles. The van der Waals surface area contributed by atoms with Gasteiger partial charge in [-0.25, -0.2) is 4.98 Å². The number of anilines is 1. The van der Waals surface area contributed by atoms with Crippen LogP contribution in [-0.2, 0) is 11.3 Å². The third-order valence-electron chi connectivity index (χ3n) is 2.23. The summed E-state index contributed by atoms with van der Waals surface area (Å²) in [5, 5.41) is 6.52. The molecule has 0 amide bonds. The van der Waals surface area contributed by atoms with Crippen molar-refractivity contribution in [3.05, 3.63) is 11.1 Å². The van der Waals surface area contributed by atoms with Gasteiger partial charge in [0, 0.05) is 32.6 Å². The fourth-order valence-electron chi connectivity index (χ4n) is 1.27. The average Bonchev–Trinajstić information content (AvgIpc) is 2.75. The molecule has 1 heterocycles. The summed E-state index contributed by atoms with van der Waals surface area (Å²) in [6.45, 7) is 5.69. The number of thiazole rings is 1. The minimum atomic E-state index is 0.736. The normalized spacial score (nSPS) is 10.7. The largest absolute Gasteiger partial charge is 0.383 e. The Kier molecular flexibility index (Phi) is 6.37. The minimum absolute atomic E-state index is 0.736. The Morgan fingerprint density at radius 1 is 1.56 bits per heavy atom. The highest BCUT2D eigenvalue weighted by Crippen LogP contribution is 2.18. The molecule has 1 rings (SSSR count). The maximum atomic E-state index is 5.04. The molecule has 0 aromatic carbocycles. The number of ether oxygens (including phenoxy) is 1. The SMILES string of the molecule is CCCNCc1csc(N(C)CCOC)n1. The number of aromatic nitrogens is 1. The zero-order valence-electron chi connectivity index (χ0n) is 10.3. The van der Waals surface area contributed by atoms with Crippen LogP contribution in [0.4, 0.5) is 5.13 Å². The molecule has 92 valence electrons. The number of likely N-dealkylation sites (N-methyl/N-ethyl adjacent to an activating group) is 1. The van der Waals surface area contributed by atoms with Gasteiger partial charge in [0.1, 0.15) is 0 Å². The molecule has 0 bridgehead atoms. The number of hydrogen-bond acceptors (Lipinski definition) is 5. The van der Waals surface area contributed by atoms with Crippen molar-refractivity contribution in [1.29, 1.82) is 0 Å². The molecule has 0 atom stereocenters. The summed E-state index contributed by atoms with van der Waals surface area (Å²) in [4.78, 5) is 6.68. The van der Waals surface area contributed by atoms with E-state index in [1.54, 1.807) is 18.4 Å². The van der Waals surface area contributed by atoms with Crippen molar-refractivity contribution >= 4 is 16.5 Å². The Labute approximate surface area is 102 Å². The van der Waals surface area contributed by atoms with Gasteiger partial charge in [0.05, 0.1) is 12.3 Å². The lowest BCUT2D eigenvalue weighted by molar-refractivity contribution is 0.206. The van der Waals surface area contributed by atoms with Crippen molar-refractivity contribution in [1.82, 2.24) is 10.3 Å². The van der Waals surface area contributed by atoms with Gasteiger partial charge in [-0.05, 0) is 13.0 Å². The van der Waals surface area contributed by atoms with Crippen LogP contribution in [0.25, 0.3) is 0 Å². The first-order valence-corrected chi connectivity index (χ1v) is 6.51. The fourth-order valence-corrected chi connectivity index (χ4v) is 2.09. The predicted octanol–water partition coefficient (Wildman–Crippen LogP) is 1.73. The van der Waals surface area contributed by atoms with E-state index in [1.165, 1.54) is 0 Å². The van der Waals surface area contributed by atoms with E-state index in [0.717, 1.165) is 43.5 Å². The first-order valence-electron chi connectivity index (χ1n) is 5.63. The van der Waals surface area contributed by atoms with Crippen LogP contribution in [0.2, 0.25) is 0 Å². The van der Waals surface area contributed by atoms with Crippen LogP contribution in [0.3, 0.4) is 0 Å². The Bertz CT molecular complexity index is 291. The first kappa shape index (κ1) is 13.4. The van der Waals surface area contributed by atoms with Crippen molar-refractivity contribution in [2.24, 2.45) is 0 Å². The highest BCUT2D eigenvalue weighted by molar-refractivity contribution is 7.13. The molecule has 1 N–H and O–H groups in total. The van der Waals surface area contributed by atoms with E-state index in [4.69, 9.17) is 4.74 Å². The number of nitrogens with zero attached hydrogens (tertiary/aromatic N) is 2. The molecular formula is C11H21N3OS. The Balaban J connectivity index is 2.37. The smallest absolute Gasteiger partial charge is 0.185 e. The number of rotatable bonds is 8. The first-order chi connectivity index (χ1) is 7.77. The molecule has 0 unspecified atom stereocenters. The zero-order chi connectivity index (χ0) is 11.8. The summed E-state index contributed by atoms with van der Waals surface area (Å²) in [5.41, 5.74) is 1.12. The second-order valence-electron chi connectivity index (χ2n) is 3.71. The van der Waals surface area contributed by atoms with Gasteiger partial charge in [-0.2, -0.15) is 0 Å². The van der Waals surface area contributed by atoms with E-state index < -0.39 is 0 Å². The van der Waals surface area contributed by atoms with Gasteiger partial charge in [0.2, 0.25) is 0 Å². The summed E-state index contributed by atoms with van der Waals surface area (Å²) < 4.78 is 5.04. The monoisotopic (exact) mass is 243 g/mol. The topological polar surface area (TPSA) is 37.4 Å². The molecule has 16 heavy (non-hydrogen) atoms. The summed E-state index contributed by atoms with van der Waals surface area (Å²) in [7, 11) is 3.76. The molecular weight excluding hydrogens is 222 g/mol. The van der Waals surface area contributed by atoms with Crippen LogP contribution in [-0.4, -0.2) is 38.8 Å². The van der Waals surface area contributed by atoms with Gasteiger partial charge in [-0.1, -0.05) is 6.92 Å². The zero-order valence-corrected chi connectivity index (χ0v) is 11.1. The molecule has 4 nitrogen and oxygen atoms in total. The maximum Gasteiger partial charge on any atom is 0.185 e. The highest BCUT2D eigenvalue weighted by Gasteiger charge is 2.06. The maximum absolute atomic E-state index is 5.04. The van der Waals surface area contributed by atoms with Gasteiger partial charge >= 0.3 is 0 Å². The van der Waals surface area contributed by atoms with Crippen molar-refractivity contribution in [2.45, 2.75) is 19.9 Å². The predicted molar refractivity (Wildman–Crippen MR) is 69.3 cm³/mol. The van der Waals surface area contributed by atoms with Crippen LogP contribution in [0.1, 0.15) is 19.0 Å². The number of hydrogen-bond donors (Lipinski definition) is 1. The highest BCUT2D eigenvalue weighted by atomic mass is 32.1. The van der Waals surface area contributed by atoms with Crippen molar-refractivity contribution < 1.29 is 4.74 Å². The third-order valence-corrected chi connectivity index (χ3v) is 3.23. The standard InChI is InChI=1S/C11H21N3OS/c1-4-5-12-8-10-9-16-11(13-10)14(2)6-7-15-3/h9,12H,4-8H2,1-3H3. The van der Waals surface area contributed by atoms with E-state index >= 15 is 0 Å². The number of nitrogens with one attached hydrogen (secondary N) is 1. The molecule has 0 saturated carbocycles. The summed E-state index contributed by atoms with van der Waals surface area (Å²) in [5.74, 6) is 0. The van der Waals surface area contributed by atoms with Gasteiger partial charge in [-0.3, -0.25) is 0 Å². The van der Waals surface area contributed by atoms with E-state index in [-0.39, 0.29) is 0 Å². The van der Waals surface area contributed by atoms with Crippen LogP contribution in [0, 0.1) is 0 Å². The second-order valence-corrected chi connectivity index (χ2v) is 4.55. The molecule has 0 saturated heterocycles. The lowest BCUT2D eigenvalue weighted by Gasteiger charge is -2.14. The van der Waals surface area contributed by atoms with Gasteiger partial charge < -0.3 is 15.0 Å². The van der Waals surface area contributed by atoms with Gasteiger partial charge in [-0.15, -0.1) is 11.3 Å². The fraction of sp³-hybridized carbons (Fsp3) is 0.727. The summed E-state index contributed by atoms with van der Waals surface area (Å²) in [6.07, 6.45) is 1.16. The Morgan fingerprint density at radius 3 is 3.06 bits per heavy atom. The van der Waals surface area contributed by atoms with Crippen molar-refractivity contribution in [2.75, 3.05) is 38.8 Å². The van der Waals surface area contributed by atoms with Crippen molar-refractivity contribution in [3.8, 4) is 0 Å². The van der Waals surface area contributed by atoms with Crippen LogP contribution in [0.15, 0.2) is 5.38 Å². The third kappa shape index (κ3) is 4.47. The summed E-state index contributed by atoms with van der Waals surface area (Å²) in [6, 6.07) is 0. The molecule has 0 aliphatic rings.